The first-order valence-electron chi connectivity index (χ1n) is 13.2. The first-order valence-corrected chi connectivity index (χ1v) is 16.9. The van der Waals surface area contributed by atoms with Crippen LogP contribution in [0.15, 0.2) is 48.8 Å². The van der Waals surface area contributed by atoms with Crippen molar-refractivity contribution in [2.45, 2.75) is 77.1 Å². The van der Waals surface area contributed by atoms with E-state index in [2.05, 4.69) is 44.2 Å². The van der Waals surface area contributed by atoms with Crippen molar-refractivity contribution in [3.8, 4) is 5.75 Å². The minimum atomic E-state index is -1.82. The maximum atomic E-state index is 13.5. The number of ether oxygens (including phenoxy) is 2. The van der Waals surface area contributed by atoms with Gasteiger partial charge in [-0.3, -0.25) is 9.78 Å². The van der Waals surface area contributed by atoms with Crippen molar-refractivity contribution in [2.75, 3.05) is 18.5 Å². The molecule has 0 saturated carbocycles. The first kappa shape index (κ1) is 30.6. The lowest BCUT2D eigenvalue weighted by Crippen LogP contribution is -2.41. The van der Waals surface area contributed by atoms with Gasteiger partial charge < -0.3 is 25.0 Å². The minimum Gasteiger partial charge on any atom is -0.491 e. The Hall–Kier alpha value is -2.95. The van der Waals surface area contributed by atoms with Gasteiger partial charge in [-0.05, 0) is 80.0 Å². The quantitative estimate of drug-likeness (QED) is 0.178. The van der Waals surface area contributed by atoms with Gasteiger partial charge in [0, 0.05) is 12.4 Å². The molecule has 2 amide bonds. The molecule has 3 aromatic rings. The number of amides is 2. The summed E-state index contributed by atoms with van der Waals surface area (Å²) in [4.78, 5) is 29.0. The second-order valence-corrected chi connectivity index (χ2v) is 17.7. The number of nitrogens with two attached hydrogens (primary N) is 1. The molecule has 0 aliphatic rings. The third kappa shape index (κ3) is 8.77. The molecule has 2 aromatic heterocycles. The fourth-order valence-electron chi connectivity index (χ4n) is 3.89. The van der Waals surface area contributed by atoms with E-state index in [1.165, 1.54) is 11.3 Å². The Labute approximate surface area is 236 Å². The molecule has 0 bridgehead atoms. The van der Waals surface area contributed by atoms with Crippen LogP contribution in [0, 0.1) is 0 Å². The zero-order valence-electron chi connectivity index (χ0n) is 24.0. The van der Waals surface area contributed by atoms with E-state index in [4.69, 9.17) is 19.6 Å². The van der Waals surface area contributed by atoms with Gasteiger partial charge in [0.05, 0.1) is 22.2 Å². The van der Waals surface area contributed by atoms with Crippen molar-refractivity contribution in [1.29, 1.82) is 0 Å². The summed E-state index contributed by atoms with van der Waals surface area (Å²) >= 11 is 1.48. The first-order chi connectivity index (χ1) is 18.2. The van der Waals surface area contributed by atoms with Gasteiger partial charge in [0.25, 0.3) is 0 Å². The summed E-state index contributed by atoms with van der Waals surface area (Å²) < 4.78 is 18.4. The highest BCUT2D eigenvalue weighted by molar-refractivity contribution is 7.22. The Morgan fingerprint density at radius 3 is 2.38 bits per heavy atom. The Morgan fingerprint density at radius 2 is 1.77 bits per heavy atom. The largest absolute Gasteiger partial charge is 0.491 e. The second-order valence-electron chi connectivity index (χ2n) is 11.8. The molecule has 3 rings (SSSR count). The summed E-state index contributed by atoms with van der Waals surface area (Å²) in [7, 11) is -1.82. The Morgan fingerprint density at radius 1 is 1.08 bits per heavy atom. The zero-order chi connectivity index (χ0) is 28.8. The lowest BCUT2D eigenvalue weighted by Gasteiger charge is -2.36. The van der Waals surface area contributed by atoms with Crippen LogP contribution in [0.25, 0.3) is 10.1 Å². The van der Waals surface area contributed by atoms with Crippen LogP contribution < -0.4 is 15.8 Å². The topological polar surface area (TPSA) is 113 Å². The average Bonchev–Trinajstić information content (AvgIpc) is 3.23. The van der Waals surface area contributed by atoms with E-state index in [1.807, 2.05) is 36.4 Å². The SMILES string of the molecule is CC(C)(CCC(C(=O)Nc1cc2ccncc2s1)c1ccc(OCCO[Si](C)(C)C(C)(C)C)cc1)OC(N)=O. The molecule has 8 nitrogen and oxygen atoms in total. The van der Waals surface area contributed by atoms with E-state index in [-0.39, 0.29) is 10.9 Å². The summed E-state index contributed by atoms with van der Waals surface area (Å²) in [6.07, 6.45) is 3.59. The van der Waals surface area contributed by atoms with Crippen LogP contribution in [-0.4, -0.2) is 44.1 Å². The van der Waals surface area contributed by atoms with E-state index < -0.39 is 25.9 Å². The third-order valence-corrected chi connectivity index (χ3v) is 12.7. The number of nitrogens with one attached hydrogen (secondary N) is 1. The van der Waals surface area contributed by atoms with Crippen molar-refractivity contribution < 1.29 is 23.5 Å². The molecule has 0 spiro atoms. The van der Waals surface area contributed by atoms with Crippen LogP contribution in [0.4, 0.5) is 9.80 Å². The summed E-state index contributed by atoms with van der Waals surface area (Å²) in [6.45, 7) is 15.6. The normalized spacial score (nSPS) is 13.2. The lowest BCUT2D eigenvalue weighted by atomic mass is 9.89. The summed E-state index contributed by atoms with van der Waals surface area (Å²) in [6, 6.07) is 11.4. The number of primary amides is 1. The molecule has 0 fully saturated rings. The van der Waals surface area contributed by atoms with Gasteiger partial charge >= 0.3 is 6.09 Å². The van der Waals surface area contributed by atoms with Crippen LogP contribution >= 0.6 is 11.3 Å². The van der Waals surface area contributed by atoms with Crippen molar-refractivity contribution in [3.05, 3.63) is 54.4 Å². The number of carbonyl (C=O) groups excluding carboxylic acids is 2. The van der Waals surface area contributed by atoms with Crippen molar-refractivity contribution in [3.63, 3.8) is 0 Å². The predicted molar refractivity (Wildman–Crippen MR) is 160 cm³/mol. The molecule has 10 heteroatoms. The van der Waals surface area contributed by atoms with Crippen molar-refractivity contribution in [2.24, 2.45) is 5.73 Å². The lowest BCUT2D eigenvalue weighted by molar-refractivity contribution is -0.117. The molecule has 0 aliphatic heterocycles. The molecule has 1 aromatic carbocycles. The fourth-order valence-corrected chi connectivity index (χ4v) is 5.85. The van der Waals surface area contributed by atoms with Gasteiger partial charge in [-0.1, -0.05) is 32.9 Å². The second kappa shape index (κ2) is 12.5. The van der Waals surface area contributed by atoms with E-state index >= 15 is 0 Å². The smallest absolute Gasteiger partial charge is 0.405 e. The van der Waals surface area contributed by atoms with Gasteiger partial charge in [-0.15, -0.1) is 11.3 Å². The van der Waals surface area contributed by atoms with Crippen molar-refractivity contribution >= 4 is 46.7 Å². The Balaban J connectivity index is 1.70. The zero-order valence-corrected chi connectivity index (χ0v) is 25.8. The van der Waals surface area contributed by atoms with Gasteiger partial charge in [-0.2, -0.15) is 0 Å². The maximum Gasteiger partial charge on any atom is 0.405 e. The molecule has 0 aliphatic carbocycles. The highest BCUT2D eigenvalue weighted by atomic mass is 32.1. The van der Waals surface area contributed by atoms with Gasteiger partial charge in [0.15, 0.2) is 8.32 Å². The van der Waals surface area contributed by atoms with Gasteiger partial charge in [-0.25, -0.2) is 4.79 Å². The highest BCUT2D eigenvalue weighted by Gasteiger charge is 2.37. The number of nitrogens with zero attached hydrogens (tertiary/aromatic N) is 1. The molecule has 1 unspecified atom stereocenters. The highest BCUT2D eigenvalue weighted by Crippen LogP contribution is 2.36. The molecule has 1 atom stereocenters. The number of rotatable bonds is 12. The molecule has 39 heavy (non-hydrogen) atoms. The average molecular weight is 572 g/mol. The van der Waals surface area contributed by atoms with Crippen LogP contribution in [0.2, 0.25) is 18.1 Å². The van der Waals surface area contributed by atoms with Crippen LogP contribution in [0.5, 0.6) is 5.75 Å². The summed E-state index contributed by atoms with van der Waals surface area (Å²) in [5.41, 5.74) is 5.28. The molecule has 3 N–H and O–H groups in total. The van der Waals surface area contributed by atoms with E-state index in [0.717, 1.165) is 20.7 Å². The van der Waals surface area contributed by atoms with Crippen LogP contribution in [-0.2, 0) is 14.0 Å². The molecule has 2 heterocycles. The Bertz CT molecular complexity index is 1230. The number of benzene rings is 1. The Kier molecular flexibility index (Phi) is 9.79. The van der Waals surface area contributed by atoms with E-state index in [1.54, 1.807) is 26.2 Å². The number of aromatic nitrogens is 1. The fraction of sp³-hybridized carbons (Fsp3) is 0.483. The number of carbonyl (C=O) groups is 2. The van der Waals surface area contributed by atoms with Crippen LogP contribution in [0.1, 0.15) is 58.9 Å². The number of fused-ring (bicyclic) bond motifs is 1. The molecular weight excluding hydrogens is 530 g/mol. The van der Waals surface area contributed by atoms with Gasteiger partial charge in [0.1, 0.15) is 18.0 Å². The standard InChI is InChI=1S/C29H41N3O5SSi/c1-28(2,3)39(6,7)36-17-16-35-22-10-8-20(9-11-22)23(12-14-29(4,5)37-27(30)34)26(33)32-25-18-21-13-15-31-19-24(21)38-25/h8-11,13,15,18-19,23H,12,14,16-17H2,1-7H3,(H2,30,34)(H,32,33). The minimum absolute atomic E-state index is 0.138. The molecule has 0 saturated heterocycles. The number of anilines is 1. The molecule has 212 valence electrons. The number of thiophene rings is 1. The maximum absolute atomic E-state index is 13.5. The number of hydrogen-bond acceptors (Lipinski definition) is 7. The predicted octanol–water partition coefficient (Wildman–Crippen LogP) is 7.07. The van der Waals surface area contributed by atoms with Crippen LogP contribution in [0.3, 0.4) is 0 Å². The van der Waals surface area contributed by atoms with Crippen molar-refractivity contribution in [1.82, 2.24) is 4.98 Å². The van der Waals surface area contributed by atoms with Gasteiger partial charge in [0.2, 0.25) is 5.91 Å². The van der Waals surface area contributed by atoms with E-state index in [0.29, 0.717) is 31.8 Å². The summed E-state index contributed by atoms with van der Waals surface area (Å²) in [5.74, 6) is 0.104. The monoisotopic (exact) mass is 571 g/mol. The molecule has 0 radical (unpaired) electrons. The number of hydrogen-bond donors (Lipinski definition) is 2. The summed E-state index contributed by atoms with van der Waals surface area (Å²) in [5, 5.41) is 4.99. The number of pyridine rings is 1. The third-order valence-electron chi connectivity index (χ3n) is 7.20. The molecular formula is C29H41N3O5SSi. The van der Waals surface area contributed by atoms with E-state index in [9.17, 15) is 9.59 Å².